The summed E-state index contributed by atoms with van der Waals surface area (Å²) in [7, 11) is 0. The highest BCUT2D eigenvalue weighted by Crippen LogP contribution is 2.28. The summed E-state index contributed by atoms with van der Waals surface area (Å²) in [6.07, 6.45) is 1.65. The van der Waals surface area contributed by atoms with Gasteiger partial charge >= 0.3 is 6.03 Å². The van der Waals surface area contributed by atoms with Crippen molar-refractivity contribution < 1.29 is 9.18 Å². The van der Waals surface area contributed by atoms with Crippen LogP contribution in [0.5, 0.6) is 0 Å². The number of halogens is 2. The third-order valence-corrected chi connectivity index (χ3v) is 3.59. The maximum absolute atomic E-state index is 11.9. The molecule has 5 heteroatoms. The summed E-state index contributed by atoms with van der Waals surface area (Å²) in [5, 5.41) is 5.31. The lowest BCUT2D eigenvalue weighted by molar-refractivity contribution is 0.236. The molecular formula is C12H14BrFN2O. The Bertz CT molecular complexity index is 425. The fourth-order valence-electron chi connectivity index (χ4n) is 2.11. The van der Waals surface area contributed by atoms with Crippen molar-refractivity contribution in [2.75, 3.05) is 13.2 Å². The van der Waals surface area contributed by atoms with Crippen molar-refractivity contribution in [3.05, 3.63) is 33.8 Å². The van der Waals surface area contributed by atoms with Gasteiger partial charge in [0.25, 0.3) is 0 Å². The summed E-state index contributed by atoms with van der Waals surface area (Å²) in [5.74, 6) is 0. The Morgan fingerprint density at radius 3 is 3.00 bits per heavy atom. The number of carbonyl (C=O) groups is 1. The average molecular weight is 301 g/mol. The summed E-state index contributed by atoms with van der Waals surface area (Å²) in [4.78, 5) is 11.4. The minimum atomic E-state index is -0.538. The third kappa shape index (κ3) is 2.97. The van der Waals surface area contributed by atoms with Crippen LogP contribution in [0.25, 0.3) is 0 Å². The summed E-state index contributed by atoms with van der Waals surface area (Å²) in [6.45, 7) is -0.473. The monoisotopic (exact) mass is 300 g/mol. The van der Waals surface area contributed by atoms with Crippen molar-refractivity contribution in [1.29, 1.82) is 0 Å². The lowest BCUT2D eigenvalue weighted by atomic mass is 10.1. The molecule has 1 aliphatic rings. The summed E-state index contributed by atoms with van der Waals surface area (Å²) >= 11 is 3.51. The maximum Gasteiger partial charge on any atom is 0.315 e. The molecule has 0 saturated heterocycles. The molecule has 0 spiro atoms. The molecule has 0 bridgehead atoms. The van der Waals surface area contributed by atoms with E-state index in [0.29, 0.717) is 0 Å². The predicted octanol–water partition coefficient (Wildman–Crippen LogP) is 2.18. The molecule has 0 aliphatic heterocycles. The van der Waals surface area contributed by atoms with Crippen LogP contribution in [-0.2, 0) is 12.8 Å². The van der Waals surface area contributed by atoms with Crippen molar-refractivity contribution in [3.63, 3.8) is 0 Å². The van der Waals surface area contributed by atoms with Crippen LogP contribution in [0.3, 0.4) is 0 Å². The second kappa shape index (κ2) is 5.49. The number of amides is 2. The zero-order chi connectivity index (χ0) is 12.3. The number of rotatable bonds is 3. The average Bonchev–Trinajstić information content (AvgIpc) is 2.70. The Morgan fingerprint density at radius 2 is 2.29 bits per heavy atom. The molecule has 92 valence electrons. The van der Waals surface area contributed by atoms with Crippen molar-refractivity contribution >= 4 is 22.0 Å². The Morgan fingerprint density at radius 1 is 1.47 bits per heavy atom. The summed E-state index contributed by atoms with van der Waals surface area (Å²) in [5.41, 5.74) is 2.51. The third-order valence-electron chi connectivity index (χ3n) is 2.85. The molecule has 1 aromatic rings. The van der Waals surface area contributed by atoms with E-state index in [1.165, 1.54) is 11.1 Å². The normalized spacial score (nSPS) is 17.6. The van der Waals surface area contributed by atoms with Gasteiger partial charge in [-0.3, -0.25) is 0 Å². The molecule has 2 rings (SSSR count). The molecule has 3 nitrogen and oxygen atoms in total. The topological polar surface area (TPSA) is 41.1 Å². The van der Waals surface area contributed by atoms with Crippen LogP contribution >= 0.6 is 15.9 Å². The van der Waals surface area contributed by atoms with Gasteiger partial charge in [0, 0.05) is 17.1 Å². The SMILES string of the molecule is O=C(NCCF)NC1Cc2cccc(Br)c2C1. The Balaban J connectivity index is 1.92. The molecule has 0 heterocycles. The second-order valence-electron chi connectivity index (χ2n) is 4.07. The number of nitrogens with one attached hydrogen (secondary N) is 2. The van der Waals surface area contributed by atoms with Gasteiger partial charge in [0.1, 0.15) is 6.67 Å². The first-order chi connectivity index (χ1) is 8.20. The van der Waals surface area contributed by atoms with E-state index in [4.69, 9.17) is 0 Å². The molecule has 0 fully saturated rings. The molecule has 2 amide bonds. The molecule has 1 atom stereocenters. The lowest BCUT2D eigenvalue weighted by Crippen LogP contribution is -2.43. The quantitative estimate of drug-likeness (QED) is 0.883. The van der Waals surface area contributed by atoms with Crippen molar-refractivity contribution in [2.45, 2.75) is 18.9 Å². The highest BCUT2D eigenvalue weighted by atomic mass is 79.9. The van der Waals surface area contributed by atoms with Crippen molar-refractivity contribution in [3.8, 4) is 0 Å². The van der Waals surface area contributed by atoms with E-state index in [2.05, 4.69) is 32.6 Å². The van der Waals surface area contributed by atoms with Crippen LogP contribution in [0.15, 0.2) is 22.7 Å². The highest BCUT2D eigenvalue weighted by molar-refractivity contribution is 9.10. The molecule has 2 N–H and O–H groups in total. The van der Waals surface area contributed by atoms with Crippen LogP contribution in [0.1, 0.15) is 11.1 Å². The maximum atomic E-state index is 11.9. The van der Waals surface area contributed by atoms with Gasteiger partial charge in [-0.1, -0.05) is 28.1 Å². The van der Waals surface area contributed by atoms with E-state index >= 15 is 0 Å². The summed E-state index contributed by atoms with van der Waals surface area (Å²) in [6, 6.07) is 5.87. The van der Waals surface area contributed by atoms with Crippen molar-refractivity contribution in [2.24, 2.45) is 0 Å². The molecule has 0 saturated carbocycles. The van der Waals surface area contributed by atoms with E-state index in [-0.39, 0.29) is 18.6 Å². The smallest absolute Gasteiger partial charge is 0.315 e. The van der Waals surface area contributed by atoms with Gasteiger partial charge in [0.2, 0.25) is 0 Å². The molecule has 1 aliphatic carbocycles. The minimum absolute atomic E-state index is 0.0647. The highest BCUT2D eigenvalue weighted by Gasteiger charge is 2.24. The van der Waals surface area contributed by atoms with Gasteiger partial charge in [0.05, 0.1) is 0 Å². The zero-order valence-corrected chi connectivity index (χ0v) is 10.9. The first-order valence-electron chi connectivity index (χ1n) is 5.57. The zero-order valence-electron chi connectivity index (χ0n) is 9.30. The molecule has 17 heavy (non-hydrogen) atoms. The van der Waals surface area contributed by atoms with Gasteiger partial charge in [0.15, 0.2) is 0 Å². The van der Waals surface area contributed by atoms with Crippen LogP contribution in [0.2, 0.25) is 0 Å². The Labute approximate surface area is 108 Å². The van der Waals surface area contributed by atoms with E-state index < -0.39 is 6.67 Å². The van der Waals surface area contributed by atoms with Gasteiger partial charge in [-0.15, -0.1) is 0 Å². The van der Waals surface area contributed by atoms with Gasteiger partial charge < -0.3 is 10.6 Å². The Kier molecular flexibility index (Phi) is 3.99. The number of benzene rings is 1. The molecule has 1 unspecified atom stereocenters. The Hall–Kier alpha value is -1.10. The van der Waals surface area contributed by atoms with E-state index in [0.717, 1.165) is 17.3 Å². The fraction of sp³-hybridized carbons (Fsp3) is 0.417. The largest absolute Gasteiger partial charge is 0.336 e. The van der Waals surface area contributed by atoms with Crippen molar-refractivity contribution in [1.82, 2.24) is 10.6 Å². The molecule has 1 aromatic carbocycles. The number of urea groups is 1. The molecular weight excluding hydrogens is 287 g/mol. The number of hydrogen-bond acceptors (Lipinski definition) is 1. The van der Waals surface area contributed by atoms with E-state index in [1.54, 1.807) is 0 Å². The first kappa shape index (κ1) is 12.4. The molecule has 0 radical (unpaired) electrons. The molecule has 0 aromatic heterocycles. The standard InChI is InChI=1S/C12H14BrFN2O/c13-11-3-1-2-8-6-9(7-10(8)11)16-12(17)15-5-4-14/h1-3,9H,4-7H2,(H2,15,16,17). The van der Waals surface area contributed by atoms with Gasteiger partial charge in [-0.05, 0) is 30.0 Å². The van der Waals surface area contributed by atoms with Crippen LogP contribution in [-0.4, -0.2) is 25.3 Å². The van der Waals surface area contributed by atoms with Gasteiger partial charge in [-0.25, -0.2) is 9.18 Å². The minimum Gasteiger partial charge on any atom is -0.336 e. The predicted molar refractivity (Wildman–Crippen MR) is 67.8 cm³/mol. The first-order valence-corrected chi connectivity index (χ1v) is 6.36. The fourth-order valence-corrected chi connectivity index (χ4v) is 2.68. The van der Waals surface area contributed by atoms with Gasteiger partial charge in [-0.2, -0.15) is 0 Å². The lowest BCUT2D eigenvalue weighted by Gasteiger charge is -2.12. The van der Waals surface area contributed by atoms with E-state index in [9.17, 15) is 9.18 Å². The van der Waals surface area contributed by atoms with Crippen LogP contribution in [0.4, 0.5) is 9.18 Å². The second-order valence-corrected chi connectivity index (χ2v) is 4.93. The van der Waals surface area contributed by atoms with E-state index in [1.807, 2.05) is 12.1 Å². The number of hydrogen-bond donors (Lipinski definition) is 2. The number of carbonyl (C=O) groups excluding carboxylic acids is 1. The number of alkyl halides is 1. The van der Waals surface area contributed by atoms with Crippen LogP contribution in [0, 0.1) is 0 Å². The van der Waals surface area contributed by atoms with Crippen LogP contribution < -0.4 is 10.6 Å². The number of fused-ring (bicyclic) bond motifs is 1. The summed E-state index contributed by atoms with van der Waals surface area (Å²) < 4.78 is 13.0.